The summed E-state index contributed by atoms with van der Waals surface area (Å²) >= 11 is 0. The van der Waals surface area contributed by atoms with Gasteiger partial charge in [0, 0.05) is 34.1 Å². The Morgan fingerprint density at radius 3 is 0.895 bits per heavy atom. The van der Waals surface area contributed by atoms with Gasteiger partial charge in [-0.1, -0.05) is 222 Å². The maximum Gasteiger partial charge on any atom is 0.252 e. The Hall–Kier alpha value is -8.14. The minimum absolute atomic E-state index is 0.0964. The largest absolute Gasteiger partial charge is 0.311 e. The van der Waals surface area contributed by atoms with E-state index in [0.29, 0.717) is 0 Å². The third-order valence-corrected chi connectivity index (χ3v) is 18.7. The molecule has 0 atom stereocenters. The molecule has 0 radical (unpaired) electrons. The van der Waals surface area contributed by atoms with Gasteiger partial charge in [0.2, 0.25) is 0 Å². The zero-order valence-electron chi connectivity index (χ0n) is 54.8. The van der Waals surface area contributed by atoms with Gasteiger partial charge in [-0.3, -0.25) is 0 Å². The average Bonchev–Trinajstić information content (AvgIpc) is 0.698. The first kappa shape index (κ1) is 58.3. The fourth-order valence-electron chi connectivity index (χ4n) is 14.3. The molecule has 2 nitrogen and oxygen atoms in total. The average molecular weight is 1120 g/mol. The van der Waals surface area contributed by atoms with Crippen molar-refractivity contribution in [3.63, 3.8) is 0 Å². The van der Waals surface area contributed by atoms with Crippen LogP contribution in [0.1, 0.15) is 144 Å². The van der Waals surface area contributed by atoms with Crippen LogP contribution < -0.4 is 26.2 Å². The van der Waals surface area contributed by atoms with Gasteiger partial charge < -0.3 is 9.80 Å². The third kappa shape index (κ3) is 10.4. The van der Waals surface area contributed by atoms with Gasteiger partial charge in [-0.25, -0.2) is 0 Å². The first-order valence-electron chi connectivity index (χ1n) is 31.3. The van der Waals surface area contributed by atoms with Crippen molar-refractivity contribution in [2.75, 3.05) is 9.80 Å². The van der Waals surface area contributed by atoms with Crippen molar-refractivity contribution >= 4 is 57.2 Å². The molecule has 0 saturated carbocycles. The minimum Gasteiger partial charge on any atom is -0.311 e. The first-order chi connectivity index (χ1) is 40.5. The molecule has 0 unspecified atom stereocenters. The topological polar surface area (TPSA) is 6.48 Å². The molecule has 0 aliphatic carbocycles. The Morgan fingerprint density at radius 1 is 0.267 bits per heavy atom. The predicted octanol–water partition coefficient (Wildman–Crippen LogP) is 21.5. The number of anilines is 6. The monoisotopic (exact) mass is 1120 g/mol. The van der Waals surface area contributed by atoms with Gasteiger partial charge in [0.25, 0.3) is 6.71 Å². The Morgan fingerprint density at radius 2 is 0.570 bits per heavy atom. The van der Waals surface area contributed by atoms with E-state index in [1.807, 2.05) is 0 Å². The van der Waals surface area contributed by atoms with Crippen LogP contribution >= 0.6 is 0 Å². The van der Waals surface area contributed by atoms with E-state index in [4.69, 9.17) is 0 Å². The van der Waals surface area contributed by atoms with E-state index in [-0.39, 0.29) is 28.4 Å². The highest BCUT2D eigenvalue weighted by Crippen LogP contribution is 2.51. The maximum absolute atomic E-state index is 2.69. The number of fused-ring (bicyclic) bond motifs is 4. The lowest BCUT2D eigenvalue weighted by Crippen LogP contribution is -2.61. The fraction of sp³-hybridized carbons (Fsp3) is 0.277. The van der Waals surface area contributed by atoms with Crippen molar-refractivity contribution < 1.29 is 0 Å². The molecule has 3 heteroatoms. The highest BCUT2D eigenvalue weighted by molar-refractivity contribution is 7.00. The smallest absolute Gasteiger partial charge is 0.252 e. The number of aryl methyl sites for hydroxylation is 7. The summed E-state index contributed by atoms with van der Waals surface area (Å²) in [6.45, 7) is 44.4. The number of nitrogens with zero attached hydrogens (tertiary/aromatic N) is 2. The van der Waals surface area contributed by atoms with Crippen LogP contribution in [0.25, 0.3) is 55.6 Å². The Labute approximate surface area is 516 Å². The van der Waals surface area contributed by atoms with Crippen molar-refractivity contribution in [3.05, 3.63) is 243 Å². The van der Waals surface area contributed by atoms with Gasteiger partial charge in [-0.15, -0.1) is 0 Å². The summed E-state index contributed by atoms with van der Waals surface area (Å²) in [4.78, 5) is 5.38. The lowest BCUT2D eigenvalue weighted by Gasteiger charge is -2.45. The van der Waals surface area contributed by atoms with E-state index < -0.39 is 0 Å². The Balaban J connectivity index is 1.23. The summed E-state index contributed by atoms with van der Waals surface area (Å²) in [5.74, 6) is 0. The number of rotatable bonds is 7. The molecule has 12 rings (SSSR count). The van der Waals surface area contributed by atoms with Crippen molar-refractivity contribution in [3.8, 4) is 55.6 Å². The molecule has 432 valence electrons. The summed E-state index contributed by atoms with van der Waals surface area (Å²) in [5, 5.41) is 0. The van der Waals surface area contributed by atoms with Crippen LogP contribution in [0.15, 0.2) is 182 Å². The SMILES string of the molecule is Cc1cc(C)c(-c2cc3c4c(c2)N(c2cc(C(C)(C)C)cc(C(C)(C)C)c2)c2cc(-c5c(C)cc(-c6ccccc6)cc5C)ccc2B4c2ccc(-c4c(C)cc(-c5ccccc5)cc4C)cc2N3c2cc(C(C)(C)C)cc(C(C)(C)C)c2)c(C)c1. The predicted molar refractivity (Wildman–Crippen MR) is 376 cm³/mol. The summed E-state index contributed by atoms with van der Waals surface area (Å²) in [6.07, 6.45) is 0. The second kappa shape index (κ2) is 21.1. The summed E-state index contributed by atoms with van der Waals surface area (Å²) in [7, 11) is 0. The molecule has 0 bridgehead atoms. The third-order valence-electron chi connectivity index (χ3n) is 18.7. The van der Waals surface area contributed by atoms with Crippen molar-refractivity contribution in [1.29, 1.82) is 0 Å². The van der Waals surface area contributed by atoms with Crippen LogP contribution in [0.4, 0.5) is 34.1 Å². The van der Waals surface area contributed by atoms with E-state index in [2.05, 4.69) is 323 Å². The molecule has 0 amide bonds. The van der Waals surface area contributed by atoms with E-state index in [9.17, 15) is 0 Å². The molecule has 0 N–H and O–H groups in total. The normalized spacial score (nSPS) is 13.2. The lowest BCUT2D eigenvalue weighted by atomic mass is 9.33. The molecule has 86 heavy (non-hydrogen) atoms. The van der Waals surface area contributed by atoms with Crippen molar-refractivity contribution in [2.24, 2.45) is 0 Å². The van der Waals surface area contributed by atoms with E-state index >= 15 is 0 Å². The Bertz CT molecular complexity index is 3960. The molecule has 0 saturated heterocycles. The zero-order chi connectivity index (χ0) is 61.3. The molecule has 2 heterocycles. The molecule has 2 aliphatic rings. The minimum atomic E-state index is -0.111. The van der Waals surface area contributed by atoms with Gasteiger partial charge in [0.05, 0.1) is 0 Å². The van der Waals surface area contributed by atoms with Crippen LogP contribution in [0.3, 0.4) is 0 Å². The van der Waals surface area contributed by atoms with Crippen LogP contribution in [0.2, 0.25) is 0 Å². The van der Waals surface area contributed by atoms with Gasteiger partial charge in [0.1, 0.15) is 0 Å². The molecule has 10 aromatic rings. The van der Waals surface area contributed by atoms with Gasteiger partial charge in [-0.2, -0.15) is 0 Å². The maximum atomic E-state index is 2.69. The Kier molecular flexibility index (Phi) is 14.3. The molecule has 0 aromatic heterocycles. The van der Waals surface area contributed by atoms with Crippen molar-refractivity contribution in [2.45, 2.75) is 153 Å². The van der Waals surface area contributed by atoms with Crippen LogP contribution in [0.5, 0.6) is 0 Å². The zero-order valence-corrected chi connectivity index (χ0v) is 54.8. The highest BCUT2D eigenvalue weighted by atomic mass is 15.2. The van der Waals surface area contributed by atoms with Gasteiger partial charge in [0.15, 0.2) is 0 Å². The van der Waals surface area contributed by atoms with E-state index in [0.717, 1.165) is 0 Å². The second-order valence-electron chi connectivity index (χ2n) is 29.6. The van der Waals surface area contributed by atoms with Crippen LogP contribution in [-0.2, 0) is 21.7 Å². The highest BCUT2D eigenvalue weighted by Gasteiger charge is 2.45. The molecular weight excluding hydrogens is 1040 g/mol. The van der Waals surface area contributed by atoms with Gasteiger partial charge >= 0.3 is 0 Å². The first-order valence-corrected chi connectivity index (χ1v) is 31.3. The number of hydrogen-bond acceptors (Lipinski definition) is 2. The summed E-state index contributed by atoms with van der Waals surface area (Å²) < 4.78 is 0. The molecular formula is C83H87BN2. The molecule has 10 aromatic carbocycles. The quantitative estimate of drug-likeness (QED) is 0.147. The van der Waals surface area contributed by atoms with Gasteiger partial charge in [-0.05, 0) is 246 Å². The lowest BCUT2D eigenvalue weighted by molar-refractivity contribution is 0.568. The fourth-order valence-corrected chi connectivity index (χ4v) is 14.3. The summed E-state index contributed by atoms with van der Waals surface area (Å²) in [6, 6.07) is 71.1. The molecule has 0 spiro atoms. The van der Waals surface area contributed by atoms with E-state index in [1.165, 1.54) is 167 Å². The summed E-state index contributed by atoms with van der Waals surface area (Å²) in [5.41, 5.74) is 37.5. The number of benzene rings is 10. The standard InChI is InChI=1S/C83H87BN2/c1-50-34-51(2)78(52(3)35-50)63-42-74-79-75(43-63)86(69-48-66(82(14,15)16)45-67(49-69)83(17,18)19)73-41-60(77-55(6)38-62(39-56(77)7)58-28-24-21-25-29-58)31-33-71(73)84(79)70-32-30-59(76-53(4)36-61(37-54(76)5)57-26-22-20-23-27-57)40-72(70)85(74)68-46-64(80(8,9)10)44-65(47-68)81(11,12)13/h20-49H,1-19H3. The molecule has 0 fully saturated rings. The molecule has 2 aliphatic heterocycles. The van der Waals surface area contributed by atoms with Crippen molar-refractivity contribution in [1.82, 2.24) is 0 Å². The van der Waals surface area contributed by atoms with Crippen LogP contribution in [-0.4, -0.2) is 6.71 Å². The van der Waals surface area contributed by atoms with E-state index in [1.54, 1.807) is 0 Å². The second-order valence-corrected chi connectivity index (χ2v) is 29.6. The van der Waals surface area contributed by atoms with Crippen LogP contribution in [0, 0.1) is 48.5 Å². The number of hydrogen-bond donors (Lipinski definition) is 0.